The monoisotopic (exact) mass is 201 g/mol. The Labute approximate surface area is 76.9 Å². The van der Waals surface area contributed by atoms with E-state index >= 15 is 0 Å². The molecule has 1 aromatic rings. The molecule has 13 heavy (non-hydrogen) atoms. The van der Waals surface area contributed by atoms with Crippen molar-refractivity contribution in [1.29, 1.82) is 0 Å². The van der Waals surface area contributed by atoms with E-state index in [0.717, 1.165) is 6.26 Å². The highest BCUT2D eigenvalue weighted by Gasteiger charge is 2.07. The first-order chi connectivity index (χ1) is 5.91. The molecule has 0 saturated carbocycles. The quantitative estimate of drug-likeness (QED) is 0.662. The summed E-state index contributed by atoms with van der Waals surface area (Å²) in [5.41, 5.74) is 5.67. The van der Waals surface area contributed by atoms with Crippen LogP contribution >= 0.6 is 0 Å². The lowest BCUT2D eigenvalue weighted by atomic mass is 10.2. The van der Waals surface area contributed by atoms with E-state index in [0.29, 0.717) is 5.56 Å². The summed E-state index contributed by atoms with van der Waals surface area (Å²) in [7, 11) is -3.17. The van der Waals surface area contributed by atoms with Crippen molar-refractivity contribution in [3.8, 4) is 0 Å². The zero-order valence-electron chi connectivity index (χ0n) is 7.14. The first-order valence-corrected chi connectivity index (χ1v) is 5.54. The van der Waals surface area contributed by atoms with E-state index in [2.05, 4.69) is 0 Å². The van der Waals surface area contributed by atoms with Crippen LogP contribution in [0.25, 0.3) is 0 Å². The predicted molar refractivity (Wildman–Crippen MR) is 48.7 cm³/mol. The molecular weight excluding hydrogens is 190 g/mol. The molecule has 0 aliphatic rings. The molecule has 0 amide bonds. The molecule has 0 saturated heterocycles. The molecule has 0 aromatic heterocycles. The Kier molecular flexibility index (Phi) is 2.70. The van der Waals surface area contributed by atoms with E-state index < -0.39 is 16.1 Å². The predicted octanol–water partition coefficient (Wildman–Crippen LogP) is 0.0397. The maximum Gasteiger partial charge on any atom is 0.175 e. The highest BCUT2D eigenvalue weighted by Crippen LogP contribution is 2.12. The third-order valence-electron chi connectivity index (χ3n) is 1.65. The van der Waals surface area contributed by atoms with Crippen molar-refractivity contribution in [2.45, 2.75) is 11.1 Å². The summed E-state index contributed by atoms with van der Waals surface area (Å²) in [6.07, 6.45) is 0.0644. The van der Waals surface area contributed by atoms with Crippen LogP contribution in [0.4, 0.5) is 0 Å². The molecule has 72 valence electrons. The molecular formula is C8H11NO3S. The molecule has 1 rings (SSSR count). The van der Waals surface area contributed by atoms with Gasteiger partial charge < -0.3 is 10.8 Å². The van der Waals surface area contributed by atoms with E-state index in [-0.39, 0.29) is 4.90 Å². The van der Waals surface area contributed by atoms with Crippen molar-refractivity contribution >= 4 is 9.84 Å². The van der Waals surface area contributed by atoms with Gasteiger partial charge in [-0.1, -0.05) is 12.1 Å². The fourth-order valence-corrected chi connectivity index (χ4v) is 1.54. The Bertz CT molecular complexity index is 380. The van der Waals surface area contributed by atoms with E-state index in [9.17, 15) is 8.42 Å². The number of aliphatic hydroxyl groups excluding tert-OH is 1. The summed E-state index contributed by atoms with van der Waals surface area (Å²) in [5.74, 6) is 0. The van der Waals surface area contributed by atoms with Crippen molar-refractivity contribution in [2.75, 3.05) is 6.26 Å². The number of hydrogen-bond acceptors (Lipinski definition) is 4. The van der Waals surface area contributed by atoms with Gasteiger partial charge >= 0.3 is 0 Å². The standard InChI is InChI=1S/C8H11NO3S/c1-13(11,12)7-4-2-6(3-5-7)8(9)10/h2-5,8,10H,9H2,1H3. The molecule has 4 nitrogen and oxygen atoms in total. The maximum absolute atomic E-state index is 11.0. The molecule has 0 aliphatic heterocycles. The summed E-state index contributed by atoms with van der Waals surface area (Å²) in [5, 5.41) is 8.95. The molecule has 3 N–H and O–H groups in total. The molecule has 1 unspecified atom stereocenters. The summed E-state index contributed by atoms with van der Waals surface area (Å²) in [6.45, 7) is 0. The topological polar surface area (TPSA) is 80.4 Å². The normalized spacial score (nSPS) is 14.1. The van der Waals surface area contributed by atoms with Crippen LogP contribution in [0.1, 0.15) is 11.8 Å². The van der Waals surface area contributed by atoms with Crippen LogP contribution < -0.4 is 5.73 Å². The van der Waals surface area contributed by atoms with Gasteiger partial charge in [0, 0.05) is 6.26 Å². The summed E-state index contributed by atoms with van der Waals surface area (Å²) in [4.78, 5) is 0.219. The smallest absolute Gasteiger partial charge is 0.175 e. The highest BCUT2D eigenvalue weighted by molar-refractivity contribution is 7.90. The van der Waals surface area contributed by atoms with Gasteiger partial charge in [-0.3, -0.25) is 0 Å². The van der Waals surface area contributed by atoms with Crippen LogP contribution in [-0.4, -0.2) is 19.8 Å². The lowest BCUT2D eigenvalue weighted by molar-refractivity contribution is 0.186. The molecule has 0 heterocycles. The lowest BCUT2D eigenvalue weighted by Crippen LogP contribution is -2.08. The number of rotatable bonds is 2. The van der Waals surface area contributed by atoms with Gasteiger partial charge in [-0.15, -0.1) is 0 Å². The van der Waals surface area contributed by atoms with Crippen molar-refractivity contribution in [2.24, 2.45) is 5.73 Å². The molecule has 0 bridgehead atoms. The number of benzene rings is 1. The van der Waals surface area contributed by atoms with Gasteiger partial charge in [0.15, 0.2) is 9.84 Å². The molecule has 0 radical (unpaired) electrons. The van der Waals surface area contributed by atoms with Crippen LogP contribution in [0.2, 0.25) is 0 Å². The van der Waals surface area contributed by atoms with Crippen molar-refractivity contribution in [3.05, 3.63) is 29.8 Å². The number of hydrogen-bond donors (Lipinski definition) is 2. The molecule has 5 heteroatoms. The van der Waals surface area contributed by atoms with Gasteiger partial charge in [0.25, 0.3) is 0 Å². The van der Waals surface area contributed by atoms with Gasteiger partial charge in [-0.25, -0.2) is 8.42 Å². The SMILES string of the molecule is CS(=O)(=O)c1ccc(C(N)O)cc1. The average Bonchev–Trinajstić information content (AvgIpc) is 2.03. The second-order valence-corrected chi connectivity index (χ2v) is 4.80. The Balaban J connectivity index is 3.08. The highest BCUT2D eigenvalue weighted by atomic mass is 32.2. The summed E-state index contributed by atoms with van der Waals surface area (Å²) >= 11 is 0. The fraction of sp³-hybridized carbons (Fsp3) is 0.250. The average molecular weight is 201 g/mol. The Hall–Kier alpha value is -0.910. The summed E-state index contributed by atoms with van der Waals surface area (Å²) < 4.78 is 22.0. The number of sulfone groups is 1. The third-order valence-corrected chi connectivity index (χ3v) is 2.78. The zero-order valence-corrected chi connectivity index (χ0v) is 7.95. The van der Waals surface area contributed by atoms with Crippen LogP contribution in [0.15, 0.2) is 29.2 Å². The molecule has 1 atom stereocenters. The minimum absolute atomic E-state index is 0.219. The Morgan fingerprint density at radius 2 is 1.77 bits per heavy atom. The van der Waals surface area contributed by atoms with Gasteiger partial charge in [-0.05, 0) is 17.7 Å². The van der Waals surface area contributed by atoms with Crippen LogP contribution in [0.3, 0.4) is 0 Å². The van der Waals surface area contributed by atoms with Gasteiger partial charge in [0.2, 0.25) is 0 Å². The molecule has 0 fully saturated rings. The Morgan fingerprint density at radius 3 is 2.08 bits per heavy atom. The molecule has 0 spiro atoms. The van der Waals surface area contributed by atoms with E-state index in [1.54, 1.807) is 0 Å². The first kappa shape index (κ1) is 10.2. The maximum atomic E-state index is 11.0. The molecule has 0 aliphatic carbocycles. The lowest BCUT2D eigenvalue weighted by Gasteiger charge is -2.04. The third kappa shape index (κ3) is 2.51. The van der Waals surface area contributed by atoms with E-state index in [1.807, 2.05) is 0 Å². The van der Waals surface area contributed by atoms with Crippen molar-refractivity contribution in [1.82, 2.24) is 0 Å². The zero-order chi connectivity index (χ0) is 10.1. The van der Waals surface area contributed by atoms with Gasteiger partial charge in [0.05, 0.1) is 4.90 Å². The van der Waals surface area contributed by atoms with Crippen LogP contribution in [0.5, 0.6) is 0 Å². The first-order valence-electron chi connectivity index (χ1n) is 3.65. The second-order valence-electron chi connectivity index (χ2n) is 2.79. The van der Waals surface area contributed by atoms with Crippen LogP contribution in [-0.2, 0) is 9.84 Å². The van der Waals surface area contributed by atoms with Crippen LogP contribution in [0, 0.1) is 0 Å². The van der Waals surface area contributed by atoms with Gasteiger partial charge in [-0.2, -0.15) is 0 Å². The summed E-state index contributed by atoms with van der Waals surface area (Å²) in [6, 6.07) is 5.81. The minimum Gasteiger partial charge on any atom is -0.375 e. The number of nitrogens with two attached hydrogens (primary N) is 1. The van der Waals surface area contributed by atoms with E-state index in [1.165, 1.54) is 24.3 Å². The Morgan fingerprint density at radius 1 is 1.31 bits per heavy atom. The number of aliphatic hydroxyl groups is 1. The van der Waals surface area contributed by atoms with Gasteiger partial charge in [0.1, 0.15) is 6.23 Å². The molecule has 1 aromatic carbocycles. The van der Waals surface area contributed by atoms with Crippen molar-refractivity contribution < 1.29 is 13.5 Å². The minimum atomic E-state index is -3.17. The largest absolute Gasteiger partial charge is 0.375 e. The van der Waals surface area contributed by atoms with Crippen molar-refractivity contribution in [3.63, 3.8) is 0 Å². The van der Waals surface area contributed by atoms with E-state index in [4.69, 9.17) is 10.8 Å². The fourth-order valence-electron chi connectivity index (χ4n) is 0.912. The second kappa shape index (κ2) is 3.45.